The van der Waals surface area contributed by atoms with Gasteiger partial charge in [0.1, 0.15) is 5.52 Å². The van der Waals surface area contributed by atoms with Crippen LogP contribution in [0.15, 0.2) is 30.6 Å². The van der Waals surface area contributed by atoms with Gasteiger partial charge in [0, 0.05) is 19.3 Å². The SMILES string of the molecule is CC(Cl)(Cl)OC(=O)c1ccnc2cccnc12. The van der Waals surface area contributed by atoms with Gasteiger partial charge in [0.25, 0.3) is 4.52 Å². The summed E-state index contributed by atoms with van der Waals surface area (Å²) in [5.74, 6) is -0.636. The Hall–Kier alpha value is -1.39. The van der Waals surface area contributed by atoms with E-state index >= 15 is 0 Å². The molecule has 6 heteroatoms. The highest BCUT2D eigenvalue weighted by atomic mass is 35.5. The van der Waals surface area contributed by atoms with Crippen molar-refractivity contribution in [3.8, 4) is 0 Å². The summed E-state index contributed by atoms with van der Waals surface area (Å²) in [4.78, 5) is 20.0. The normalized spacial score (nSPS) is 11.5. The number of hydrogen-bond donors (Lipinski definition) is 0. The maximum absolute atomic E-state index is 11.8. The predicted molar refractivity (Wildman–Crippen MR) is 65.1 cm³/mol. The molecule has 0 unspecified atom stereocenters. The van der Waals surface area contributed by atoms with E-state index < -0.39 is 10.5 Å². The smallest absolute Gasteiger partial charge is 0.343 e. The summed E-state index contributed by atoms with van der Waals surface area (Å²) in [5, 5.41) is 0. The van der Waals surface area contributed by atoms with Crippen LogP contribution in [0.5, 0.6) is 0 Å². The van der Waals surface area contributed by atoms with Gasteiger partial charge in [-0.2, -0.15) is 0 Å². The van der Waals surface area contributed by atoms with Crippen LogP contribution in [0, 0.1) is 0 Å². The zero-order valence-electron chi connectivity index (χ0n) is 8.85. The van der Waals surface area contributed by atoms with Gasteiger partial charge < -0.3 is 4.74 Å². The highest BCUT2D eigenvalue weighted by molar-refractivity contribution is 6.47. The Balaban J connectivity index is 2.45. The monoisotopic (exact) mass is 270 g/mol. The fraction of sp³-hybridized carbons (Fsp3) is 0.182. The van der Waals surface area contributed by atoms with E-state index in [-0.39, 0.29) is 5.56 Å². The molecule has 2 aromatic rings. The van der Waals surface area contributed by atoms with Crippen molar-refractivity contribution in [3.63, 3.8) is 0 Å². The molecule has 2 rings (SSSR count). The third-order valence-electron chi connectivity index (χ3n) is 1.99. The molecule has 0 atom stereocenters. The highest BCUT2D eigenvalue weighted by Gasteiger charge is 2.24. The molecule has 0 N–H and O–H groups in total. The van der Waals surface area contributed by atoms with Crippen molar-refractivity contribution in [1.82, 2.24) is 9.97 Å². The van der Waals surface area contributed by atoms with Gasteiger partial charge in [-0.3, -0.25) is 9.97 Å². The molecule has 2 aromatic heterocycles. The topological polar surface area (TPSA) is 52.1 Å². The van der Waals surface area contributed by atoms with Crippen LogP contribution in [-0.2, 0) is 4.74 Å². The number of carbonyl (C=O) groups is 1. The van der Waals surface area contributed by atoms with Gasteiger partial charge in [0.2, 0.25) is 0 Å². The molecule has 17 heavy (non-hydrogen) atoms. The zero-order chi connectivity index (χ0) is 12.5. The Morgan fingerprint density at radius 1 is 1.29 bits per heavy atom. The standard InChI is InChI=1S/C11H8Cl2N2O2/c1-11(12,13)17-10(16)7-4-6-14-8-3-2-5-15-9(7)8/h2-6H,1H3. The van der Waals surface area contributed by atoms with E-state index in [4.69, 9.17) is 27.9 Å². The second-order valence-corrected chi connectivity index (χ2v) is 5.06. The summed E-state index contributed by atoms with van der Waals surface area (Å²) in [5.41, 5.74) is 1.34. The number of nitrogens with zero attached hydrogens (tertiary/aromatic N) is 2. The van der Waals surface area contributed by atoms with E-state index in [1.165, 1.54) is 19.2 Å². The van der Waals surface area contributed by atoms with Crippen molar-refractivity contribution >= 4 is 40.2 Å². The van der Waals surface area contributed by atoms with E-state index in [1.807, 2.05) is 0 Å². The molecule has 0 aromatic carbocycles. The minimum atomic E-state index is -1.57. The fourth-order valence-corrected chi connectivity index (χ4v) is 1.50. The molecular weight excluding hydrogens is 263 g/mol. The predicted octanol–water partition coefficient (Wildman–Crippen LogP) is 2.94. The third kappa shape index (κ3) is 2.84. The van der Waals surface area contributed by atoms with Gasteiger partial charge in [0.05, 0.1) is 11.1 Å². The van der Waals surface area contributed by atoms with Crippen LogP contribution in [0.2, 0.25) is 0 Å². The molecule has 0 spiro atoms. The first-order valence-corrected chi connectivity index (χ1v) is 5.54. The van der Waals surface area contributed by atoms with Gasteiger partial charge in [0.15, 0.2) is 0 Å². The lowest BCUT2D eigenvalue weighted by molar-refractivity contribution is 0.0409. The quantitative estimate of drug-likeness (QED) is 0.622. The number of rotatable bonds is 2. The average Bonchev–Trinajstić information content (AvgIpc) is 2.26. The second-order valence-electron chi connectivity index (χ2n) is 3.43. The van der Waals surface area contributed by atoms with E-state index in [2.05, 4.69) is 9.97 Å². The van der Waals surface area contributed by atoms with E-state index in [9.17, 15) is 4.79 Å². The fourth-order valence-electron chi connectivity index (χ4n) is 1.36. The zero-order valence-corrected chi connectivity index (χ0v) is 10.4. The number of fused-ring (bicyclic) bond motifs is 1. The van der Waals surface area contributed by atoms with Crippen molar-refractivity contribution in [2.45, 2.75) is 11.4 Å². The van der Waals surface area contributed by atoms with Crippen molar-refractivity contribution in [3.05, 3.63) is 36.2 Å². The van der Waals surface area contributed by atoms with Crippen LogP contribution in [0.4, 0.5) is 0 Å². The number of hydrogen-bond acceptors (Lipinski definition) is 4. The summed E-state index contributed by atoms with van der Waals surface area (Å²) < 4.78 is 3.29. The first kappa shape index (κ1) is 12.1. The Kier molecular flexibility index (Phi) is 3.17. The lowest BCUT2D eigenvalue weighted by Gasteiger charge is -2.14. The summed E-state index contributed by atoms with van der Waals surface area (Å²) in [6.45, 7) is 1.37. The maximum Gasteiger partial charge on any atom is 0.343 e. The van der Waals surface area contributed by atoms with Gasteiger partial charge in [-0.05, 0) is 18.2 Å². The molecule has 0 fully saturated rings. The lowest BCUT2D eigenvalue weighted by Crippen LogP contribution is -2.19. The summed E-state index contributed by atoms with van der Waals surface area (Å²) in [6.07, 6.45) is 3.07. The van der Waals surface area contributed by atoms with Gasteiger partial charge in [-0.15, -0.1) is 0 Å². The van der Waals surface area contributed by atoms with Crippen molar-refractivity contribution in [2.75, 3.05) is 0 Å². The minimum absolute atomic E-state index is 0.281. The molecule has 88 valence electrons. The Bertz CT molecular complexity index is 561. The number of carbonyl (C=O) groups excluding carboxylic acids is 1. The second kappa shape index (κ2) is 4.47. The minimum Gasteiger partial charge on any atom is -0.425 e. The first-order valence-electron chi connectivity index (χ1n) is 4.78. The molecular formula is C11H8Cl2N2O2. The van der Waals surface area contributed by atoms with Gasteiger partial charge in [-0.1, -0.05) is 23.2 Å². The molecule has 2 heterocycles. The molecule has 0 radical (unpaired) electrons. The number of aromatic nitrogens is 2. The van der Waals surface area contributed by atoms with E-state index in [0.29, 0.717) is 11.0 Å². The van der Waals surface area contributed by atoms with Crippen LogP contribution in [-0.4, -0.2) is 20.5 Å². The van der Waals surface area contributed by atoms with Crippen molar-refractivity contribution in [2.24, 2.45) is 0 Å². The summed E-state index contributed by atoms with van der Waals surface area (Å²) in [7, 11) is 0. The van der Waals surface area contributed by atoms with E-state index in [1.54, 1.807) is 18.3 Å². The number of pyridine rings is 2. The van der Waals surface area contributed by atoms with Crippen molar-refractivity contribution in [1.29, 1.82) is 0 Å². The molecule has 0 aliphatic rings. The summed E-state index contributed by atoms with van der Waals surface area (Å²) >= 11 is 11.2. The first-order chi connectivity index (χ1) is 7.97. The van der Waals surface area contributed by atoms with Gasteiger partial charge >= 0.3 is 5.97 Å². The van der Waals surface area contributed by atoms with Gasteiger partial charge in [-0.25, -0.2) is 4.79 Å². The molecule has 0 amide bonds. The molecule has 4 nitrogen and oxygen atoms in total. The highest BCUT2D eigenvalue weighted by Crippen LogP contribution is 2.24. The molecule has 0 aliphatic carbocycles. The average molecular weight is 271 g/mol. The van der Waals surface area contributed by atoms with Crippen LogP contribution in [0.1, 0.15) is 17.3 Å². The third-order valence-corrected chi connectivity index (χ3v) is 2.14. The lowest BCUT2D eigenvalue weighted by atomic mass is 10.2. The number of esters is 1. The molecule has 0 saturated heterocycles. The Morgan fingerprint density at radius 2 is 2.06 bits per heavy atom. The largest absolute Gasteiger partial charge is 0.425 e. The number of ether oxygens (including phenoxy) is 1. The summed E-state index contributed by atoms with van der Waals surface area (Å²) in [6, 6.07) is 4.99. The number of alkyl halides is 2. The number of halogens is 2. The van der Waals surface area contributed by atoms with Crippen LogP contribution in [0.3, 0.4) is 0 Å². The van der Waals surface area contributed by atoms with Crippen LogP contribution in [0.25, 0.3) is 11.0 Å². The molecule has 0 saturated carbocycles. The van der Waals surface area contributed by atoms with Crippen LogP contribution < -0.4 is 0 Å². The van der Waals surface area contributed by atoms with E-state index in [0.717, 1.165) is 0 Å². The van der Waals surface area contributed by atoms with Crippen LogP contribution >= 0.6 is 23.2 Å². The van der Waals surface area contributed by atoms with Crippen molar-refractivity contribution < 1.29 is 9.53 Å². The molecule has 0 aliphatic heterocycles. The Morgan fingerprint density at radius 3 is 2.76 bits per heavy atom. The maximum atomic E-state index is 11.8. The Labute approximate surface area is 108 Å². The molecule has 0 bridgehead atoms.